The molecule has 1 saturated carbocycles. The van der Waals surface area contributed by atoms with E-state index in [0.29, 0.717) is 12.8 Å². The predicted molar refractivity (Wildman–Crippen MR) is 43.9 cm³/mol. The normalized spacial score (nSPS) is 18.0. The summed E-state index contributed by atoms with van der Waals surface area (Å²) in [5.74, 6) is -2.70. The van der Waals surface area contributed by atoms with E-state index in [2.05, 4.69) is 4.74 Å². The number of carbonyl (C=O) groups is 2. The zero-order valence-electron chi connectivity index (χ0n) is 7.83. The van der Waals surface area contributed by atoms with Crippen molar-refractivity contribution in [3.63, 3.8) is 0 Å². The van der Waals surface area contributed by atoms with Crippen LogP contribution in [0.3, 0.4) is 0 Å². The Kier molecular flexibility index (Phi) is 3.55. The summed E-state index contributed by atoms with van der Waals surface area (Å²) in [6.07, 6.45) is -1.96. The van der Waals surface area contributed by atoms with E-state index in [1.165, 1.54) is 0 Å². The first kappa shape index (κ1) is 11.1. The number of methoxy groups -OCH3 is 1. The number of carbonyl (C=O) groups excluding carboxylic acids is 2. The predicted octanol–water partition coefficient (Wildman–Crippen LogP) is 1.41. The van der Waals surface area contributed by atoms with E-state index in [9.17, 15) is 18.4 Å². The minimum absolute atomic E-state index is 0.196. The van der Waals surface area contributed by atoms with E-state index in [-0.39, 0.29) is 5.92 Å². The summed E-state index contributed by atoms with van der Waals surface area (Å²) in [7, 11) is 1.10. The molecule has 3 nitrogen and oxygen atoms in total. The van der Waals surface area contributed by atoms with E-state index >= 15 is 0 Å². The van der Waals surface area contributed by atoms with Crippen LogP contribution in [0, 0.1) is 11.8 Å². The lowest BCUT2D eigenvalue weighted by Gasteiger charge is -2.12. The van der Waals surface area contributed by atoms with Crippen LogP contribution in [0.1, 0.15) is 19.3 Å². The van der Waals surface area contributed by atoms with Crippen molar-refractivity contribution < 1.29 is 23.1 Å². The van der Waals surface area contributed by atoms with Gasteiger partial charge in [-0.05, 0) is 12.8 Å². The molecular formula is C9H12F2O3. The Bertz CT molecular complexity index is 236. The van der Waals surface area contributed by atoms with Crippen LogP contribution < -0.4 is 0 Å². The fourth-order valence-electron chi connectivity index (χ4n) is 1.30. The van der Waals surface area contributed by atoms with Crippen LogP contribution in [0.5, 0.6) is 0 Å². The first-order chi connectivity index (χ1) is 6.56. The van der Waals surface area contributed by atoms with Crippen LogP contribution in [-0.4, -0.2) is 25.3 Å². The quantitative estimate of drug-likeness (QED) is 0.504. The number of rotatable bonds is 5. The van der Waals surface area contributed by atoms with Gasteiger partial charge in [0.2, 0.25) is 6.43 Å². The van der Waals surface area contributed by atoms with Crippen LogP contribution in [0.25, 0.3) is 0 Å². The maximum Gasteiger partial charge on any atom is 0.316 e. The molecule has 0 aromatic rings. The largest absolute Gasteiger partial charge is 0.468 e. The second-order valence-electron chi connectivity index (χ2n) is 3.38. The van der Waals surface area contributed by atoms with Crippen LogP contribution in [0.15, 0.2) is 0 Å². The maximum atomic E-state index is 12.1. The molecule has 0 saturated heterocycles. The third-order valence-electron chi connectivity index (χ3n) is 2.22. The Morgan fingerprint density at radius 2 is 2.00 bits per heavy atom. The summed E-state index contributed by atoms with van der Waals surface area (Å²) in [6, 6.07) is 0. The number of halogens is 2. The van der Waals surface area contributed by atoms with Crippen molar-refractivity contribution >= 4 is 11.8 Å². The summed E-state index contributed by atoms with van der Waals surface area (Å²) in [5, 5.41) is 0. The highest BCUT2D eigenvalue weighted by Gasteiger charge is 2.40. The lowest BCUT2D eigenvalue weighted by atomic mass is 9.97. The topological polar surface area (TPSA) is 43.4 Å². The van der Waals surface area contributed by atoms with E-state index in [4.69, 9.17) is 0 Å². The molecule has 0 heterocycles. The number of alkyl halides is 2. The Morgan fingerprint density at radius 3 is 2.36 bits per heavy atom. The third kappa shape index (κ3) is 2.75. The highest BCUT2D eigenvalue weighted by atomic mass is 19.3. The molecule has 1 unspecified atom stereocenters. The second kappa shape index (κ2) is 4.48. The van der Waals surface area contributed by atoms with Crippen molar-refractivity contribution in [2.75, 3.05) is 7.11 Å². The number of esters is 1. The fourth-order valence-corrected chi connectivity index (χ4v) is 1.30. The molecule has 0 aromatic carbocycles. The molecule has 0 amide bonds. The highest BCUT2D eigenvalue weighted by molar-refractivity contribution is 6.01. The Balaban J connectivity index is 2.59. The van der Waals surface area contributed by atoms with Crippen molar-refractivity contribution in [3.05, 3.63) is 0 Å². The SMILES string of the molecule is COC(=O)C(CC(F)F)C(=O)C1CC1. The van der Waals surface area contributed by atoms with Crippen molar-refractivity contribution in [2.45, 2.75) is 25.7 Å². The highest BCUT2D eigenvalue weighted by Crippen LogP contribution is 2.34. The van der Waals surface area contributed by atoms with Crippen LogP contribution in [-0.2, 0) is 14.3 Å². The van der Waals surface area contributed by atoms with Gasteiger partial charge in [0, 0.05) is 12.3 Å². The van der Waals surface area contributed by atoms with Gasteiger partial charge in [0.05, 0.1) is 7.11 Å². The van der Waals surface area contributed by atoms with E-state index in [1.54, 1.807) is 0 Å². The van der Waals surface area contributed by atoms with Gasteiger partial charge in [0.15, 0.2) is 0 Å². The number of ether oxygens (including phenoxy) is 1. The zero-order valence-corrected chi connectivity index (χ0v) is 7.83. The molecule has 1 atom stereocenters. The summed E-state index contributed by atoms with van der Waals surface area (Å²) in [5.41, 5.74) is 0. The Hall–Kier alpha value is -1.00. The number of Topliss-reactive ketones (excluding diaryl/α,β-unsaturated/α-hetero) is 1. The van der Waals surface area contributed by atoms with Gasteiger partial charge in [0.25, 0.3) is 0 Å². The average molecular weight is 206 g/mol. The molecule has 1 rings (SSSR count). The molecule has 0 bridgehead atoms. The van der Waals surface area contributed by atoms with E-state index < -0.39 is 30.5 Å². The summed E-state index contributed by atoms with van der Waals surface area (Å²) in [6.45, 7) is 0. The molecule has 0 aromatic heterocycles. The Labute approximate surface area is 80.4 Å². The molecule has 1 aliphatic carbocycles. The first-order valence-corrected chi connectivity index (χ1v) is 4.46. The molecule has 0 N–H and O–H groups in total. The van der Waals surface area contributed by atoms with Crippen molar-refractivity contribution in [2.24, 2.45) is 11.8 Å². The van der Waals surface area contributed by atoms with E-state index in [1.807, 2.05) is 0 Å². The van der Waals surface area contributed by atoms with Gasteiger partial charge in [-0.2, -0.15) is 0 Å². The molecule has 1 fully saturated rings. The van der Waals surface area contributed by atoms with Crippen LogP contribution in [0.4, 0.5) is 8.78 Å². The van der Waals surface area contributed by atoms with Gasteiger partial charge < -0.3 is 4.74 Å². The Morgan fingerprint density at radius 1 is 1.43 bits per heavy atom. The lowest BCUT2D eigenvalue weighted by Crippen LogP contribution is -2.28. The van der Waals surface area contributed by atoms with Crippen LogP contribution in [0.2, 0.25) is 0 Å². The minimum atomic E-state index is -2.65. The van der Waals surface area contributed by atoms with Gasteiger partial charge in [-0.3, -0.25) is 9.59 Å². The molecular weight excluding hydrogens is 194 g/mol. The van der Waals surface area contributed by atoms with E-state index in [0.717, 1.165) is 7.11 Å². The molecule has 14 heavy (non-hydrogen) atoms. The van der Waals surface area contributed by atoms with Gasteiger partial charge in [-0.15, -0.1) is 0 Å². The summed E-state index contributed by atoms with van der Waals surface area (Å²) >= 11 is 0. The molecule has 0 spiro atoms. The fraction of sp³-hybridized carbons (Fsp3) is 0.778. The summed E-state index contributed by atoms with van der Waals surface area (Å²) in [4.78, 5) is 22.5. The lowest BCUT2D eigenvalue weighted by molar-refractivity contribution is -0.151. The smallest absolute Gasteiger partial charge is 0.316 e. The molecule has 80 valence electrons. The first-order valence-electron chi connectivity index (χ1n) is 4.46. The zero-order chi connectivity index (χ0) is 10.7. The number of hydrogen-bond acceptors (Lipinski definition) is 3. The minimum Gasteiger partial charge on any atom is -0.468 e. The van der Waals surface area contributed by atoms with Crippen molar-refractivity contribution in [3.8, 4) is 0 Å². The van der Waals surface area contributed by atoms with Gasteiger partial charge >= 0.3 is 5.97 Å². The summed E-state index contributed by atoms with van der Waals surface area (Å²) < 4.78 is 28.5. The van der Waals surface area contributed by atoms with Crippen molar-refractivity contribution in [1.29, 1.82) is 0 Å². The van der Waals surface area contributed by atoms with Gasteiger partial charge in [-0.25, -0.2) is 8.78 Å². The third-order valence-corrected chi connectivity index (χ3v) is 2.22. The number of ketones is 1. The molecule has 0 aliphatic heterocycles. The van der Waals surface area contributed by atoms with Crippen LogP contribution >= 0.6 is 0 Å². The van der Waals surface area contributed by atoms with Crippen molar-refractivity contribution in [1.82, 2.24) is 0 Å². The molecule has 5 heteroatoms. The molecule has 1 aliphatic rings. The van der Waals surface area contributed by atoms with Gasteiger partial charge in [-0.1, -0.05) is 0 Å². The second-order valence-corrected chi connectivity index (χ2v) is 3.38. The monoisotopic (exact) mass is 206 g/mol. The molecule has 0 radical (unpaired) electrons. The maximum absolute atomic E-state index is 12.1. The van der Waals surface area contributed by atoms with Gasteiger partial charge in [0.1, 0.15) is 11.7 Å². The standard InChI is InChI=1S/C9H12F2O3/c1-14-9(13)6(4-7(10)11)8(12)5-2-3-5/h5-7H,2-4H2,1H3. The number of hydrogen-bond donors (Lipinski definition) is 0. The average Bonchev–Trinajstić information content (AvgIpc) is 2.94.